The molecule has 1 aromatic carbocycles. The van der Waals surface area contributed by atoms with E-state index in [9.17, 15) is 4.39 Å². The molecule has 1 rings (SSSR count). The second kappa shape index (κ2) is 3.43. The summed E-state index contributed by atoms with van der Waals surface area (Å²) in [4.78, 5) is 0. The molecule has 0 fully saturated rings. The molecule has 64 valence electrons. The van der Waals surface area contributed by atoms with Gasteiger partial charge in [0.25, 0.3) is 0 Å². The molecule has 0 atom stereocenters. The summed E-state index contributed by atoms with van der Waals surface area (Å²) in [5.74, 6) is -0.707. The van der Waals surface area contributed by atoms with Crippen molar-refractivity contribution in [3.63, 3.8) is 0 Å². The summed E-state index contributed by atoms with van der Waals surface area (Å²) in [6.45, 7) is 1.50. The van der Waals surface area contributed by atoms with Gasteiger partial charge in [-0.1, -0.05) is 11.6 Å². The molecule has 4 heteroatoms. The summed E-state index contributed by atoms with van der Waals surface area (Å²) in [5, 5.41) is 17.2. The van der Waals surface area contributed by atoms with Crippen molar-refractivity contribution < 1.29 is 4.39 Å². The van der Waals surface area contributed by atoms with E-state index in [2.05, 4.69) is 0 Å². The molecular weight excluding hydrogens is 191 g/mol. The molecule has 0 aliphatic heterocycles. The van der Waals surface area contributed by atoms with Gasteiger partial charge in [0.1, 0.15) is 18.0 Å². The smallest absolute Gasteiger partial charge is 0.142 e. The molecule has 0 spiro atoms. The van der Waals surface area contributed by atoms with Crippen molar-refractivity contribution in [1.82, 2.24) is 0 Å². The minimum Gasteiger partial charge on any atom is -0.205 e. The lowest BCUT2D eigenvalue weighted by atomic mass is 10.1. The normalized spacial score (nSPS) is 9.00. The van der Waals surface area contributed by atoms with Crippen LogP contribution >= 0.6 is 11.6 Å². The molecule has 0 amide bonds. The number of benzene rings is 1. The fourth-order valence-corrected chi connectivity index (χ4v) is 1.16. The molecule has 0 unspecified atom stereocenters. The zero-order valence-electron chi connectivity index (χ0n) is 6.73. The molecule has 1 aromatic rings. The number of nitrogens with zero attached hydrogens (tertiary/aromatic N) is 2. The lowest BCUT2D eigenvalue weighted by Gasteiger charge is -2.02. The fourth-order valence-electron chi connectivity index (χ4n) is 0.972. The van der Waals surface area contributed by atoms with E-state index in [0.29, 0.717) is 5.56 Å². The van der Waals surface area contributed by atoms with E-state index in [-0.39, 0.29) is 16.1 Å². The van der Waals surface area contributed by atoms with Crippen molar-refractivity contribution in [3.05, 3.63) is 33.6 Å². The third kappa shape index (κ3) is 1.47. The van der Waals surface area contributed by atoms with Gasteiger partial charge < -0.3 is 0 Å². The van der Waals surface area contributed by atoms with Gasteiger partial charge in [-0.25, -0.2) is 4.39 Å². The number of hydrogen-bond donors (Lipinski definition) is 0. The molecule has 0 heterocycles. The summed E-state index contributed by atoms with van der Waals surface area (Å²) >= 11 is 5.71. The van der Waals surface area contributed by atoms with E-state index in [1.165, 1.54) is 6.92 Å². The van der Waals surface area contributed by atoms with Crippen LogP contribution in [-0.2, 0) is 0 Å². The molecule has 2 nitrogen and oxygen atoms in total. The quantitative estimate of drug-likeness (QED) is 0.637. The molecule has 0 aromatic heterocycles. The Morgan fingerprint density at radius 1 is 1.38 bits per heavy atom. The van der Waals surface area contributed by atoms with Gasteiger partial charge in [0, 0.05) is 0 Å². The lowest BCUT2D eigenvalue weighted by molar-refractivity contribution is 0.622. The molecular formula is C9H4ClFN2. The van der Waals surface area contributed by atoms with Crippen LogP contribution in [0, 0.1) is 35.4 Å². The van der Waals surface area contributed by atoms with Crippen LogP contribution in [0.4, 0.5) is 4.39 Å². The number of halogens is 2. The molecule has 0 saturated carbocycles. The van der Waals surface area contributed by atoms with Crippen molar-refractivity contribution in [2.75, 3.05) is 0 Å². The van der Waals surface area contributed by atoms with Crippen molar-refractivity contribution in [3.8, 4) is 12.1 Å². The van der Waals surface area contributed by atoms with E-state index in [1.54, 1.807) is 12.1 Å². The third-order valence-electron chi connectivity index (χ3n) is 1.68. The van der Waals surface area contributed by atoms with Gasteiger partial charge in [-0.3, -0.25) is 0 Å². The monoisotopic (exact) mass is 194 g/mol. The standard InChI is InChI=1S/C9H4ClFN2/c1-5-7(4-13)8(11)2-6(3-12)9(5)10/h2H,1H3. The summed E-state index contributed by atoms with van der Waals surface area (Å²) in [6, 6.07) is 4.40. The Bertz CT molecular complexity index is 440. The molecule has 0 saturated heterocycles. The lowest BCUT2D eigenvalue weighted by Crippen LogP contribution is -1.93. The van der Waals surface area contributed by atoms with Crippen molar-refractivity contribution in [1.29, 1.82) is 10.5 Å². The minimum atomic E-state index is -0.707. The number of rotatable bonds is 0. The molecule has 0 aliphatic carbocycles. The van der Waals surface area contributed by atoms with E-state index < -0.39 is 5.82 Å². The van der Waals surface area contributed by atoms with Crippen LogP contribution in [0.1, 0.15) is 16.7 Å². The van der Waals surface area contributed by atoms with Crippen LogP contribution in [0.3, 0.4) is 0 Å². The molecule has 0 radical (unpaired) electrons. The van der Waals surface area contributed by atoms with Crippen LogP contribution in [0.25, 0.3) is 0 Å². The van der Waals surface area contributed by atoms with Gasteiger partial charge in [0.15, 0.2) is 0 Å². The average Bonchev–Trinajstić information content (AvgIpc) is 2.12. The van der Waals surface area contributed by atoms with Gasteiger partial charge >= 0.3 is 0 Å². The van der Waals surface area contributed by atoms with Crippen molar-refractivity contribution in [2.45, 2.75) is 6.92 Å². The Labute approximate surface area is 79.8 Å². The number of hydrogen-bond acceptors (Lipinski definition) is 2. The Hall–Kier alpha value is -1.58. The highest BCUT2D eigenvalue weighted by molar-refractivity contribution is 6.32. The maximum atomic E-state index is 13.0. The molecule has 0 bridgehead atoms. The van der Waals surface area contributed by atoms with Crippen molar-refractivity contribution >= 4 is 11.6 Å². The SMILES string of the molecule is Cc1c(Cl)c(C#N)cc(F)c1C#N. The highest BCUT2D eigenvalue weighted by Gasteiger charge is 2.12. The maximum Gasteiger partial charge on any atom is 0.142 e. The van der Waals surface area contributed by atoms with Gasteiger partial charge in [0.05, 0.1) is 16.1 Å². The first-order chi connectivity index (χ1) is 6.11. The molecule has 0 aliphatic rings. The summed E-state index contributed by atoms with van der Waals surface area (Å²) < 4.78 is 13.0. The van der Waals surface area contributed by atoms with Gasteiger partial charge in [-0.05, 0) is 18.6 Å². The van der Waals surface area contributed by atoms with Crippen molar-refractivity contribution in [2.24, 2.45) is 0 Å². The second-order valence-corrected chi connectivity index (χ2v) is 2.82. The van der Waals surface area contributed by atoms with Crippen LogP contribution in [-0.4, -0.2) is 0 Å². The van der Waals surface area contributed by atoms with E-state index in [4.69, 9.17) is 22.1 Å². The Kier molecular flexibility index (Phi) is 2.51. The molecule has 13 heavy (non-hydrogen) atoms. The maximum absolute atomic E-state index is 13.0. The van der Waals surface area contributed by atoms with E-state index in [0.717, 1.165) is 6.07 Å². The topological polar surface area (TPSA) is 47.6 Å². The summed E-state index contributed by atoms with van der Waals surface area (Å²) in [7, 11) is 0. The largest absolute Gasteiger partial charge is 0.205 e. The zero-order chi connectivity index (χ0) is 10.0. The van der Waals surface area contributed by atoms with Gasteiger partial charge in [-0.2, -0.15) is 10.5 Å². The van der Waals surface area contributed by atoms with Gasteiger partial charge in [-0.15, -0.1) is 0 Å². The fraction of sp³-hybridized carbons (Fsp3) is 0.111. The first-order valence-electron chi connectivity index (χ1n) is 3.40. The van der Waals surface area contributed by atoms with E-state index in [1.807, 2.05) is 0 Å². The van der Waals surface area contributed by atoms with Crippen LogP contribution in [0.2, 0.25) is 5.02 Å². The minimum absolute atomic E-state index is 0.0515. The molecule has 0 N–H and O–H groups in total. The first kappa shape index (κ1) is 9.51. The van der Waals surface area contributed by atoms with Crippen LogP contribution < -0.4 is 0 Å². The van der Waals surface area contributed by atoms with Crippen LogP contribution in [0.5, 0.6) is 0 Å². The average molecular weight is 195 g/mol. The third-order valence-corrected chi connectivity index (χ3v) is 2.17. The zero-order valence-corrected chi connectivity index (χ0v) is 7.48. The predicted molar refractivity (Wildman–Crippen MR) is 45.6 cm³/mol. The van der Waals surface area contributed by atoms with E-state index >= 15 is 0 Å². The predicted octanol–water partition coefficient (Wildman–Crippen LogP) is 2.53. The Morgan fingerprint density at radius 3 is 2.46 bits per heavy atom. The Morgan fingerprint density at radius 2 is 2.00 bits per heavy atom. The van der Waals surface area contributed by atoms with Gasteiger partial charge in [0.2, 0.25) is 0 Å². The highest BCUT2D eigenvalue weighted by Crippen LogP contribution is 2.25. The summed E-state index contributed by atoms with van der Waals surface area (Å²) in [5.41, 5.74) is 0.250. The summed E-state index contributed by atoms with van der Waals surface area (Å²) in [6.07, 6.45) is 0. The highest BCUT2D eigenvalue weighted by atomic mass is 35.5. The Balaban J connectivity index is 3.60. The first-order valence-corrected chi connectivity index (χ1v) is 3.78. The second-order valence-electron chi connectivity index (χ2n) is 2.44. The van der Waals surface area contributed by atoms with Crippen LogP contribution in [0.15, 0.2) is 6.07 Å². The number of nitriles is 2.